The molecule has 0 aliphatic carbocycles. The Morgan fingerprint density at radius 2 is 1.73 bits per heavy atom. The van der Waals surface area contributed by atoms with Gasteiger partial charge in [0.05, 0.1) is 0 Å². The molecule has 2 aromatic rings. The van der Waals surface area contributed by atoms with Crippen LogP contribution in [0, 0.1) is 0 Å². The van der Waals surface area contributed by atoms with Crippen LogP contribution in [0.4, 0.5) is 0 Å². The van der Waals surface area contributed by atoms with Gasteiger partial charge < -0.3 is 9.88 Å². The first-order chi connectivity index (χ1) is 10.7. The quantitative estimate of drug-likeness (QED) is 0.850. The van der Waals surface area contributed by atoms with Gasteiger partial charge in [-0.2, -0.15) is 0 Å². The number of hydrogen-bond donors (Lipinski definition) is 1. The second-order valence-electron chi connectivity index (χ2n) is 5.60. The molecule has 22 heavy (non-hydrogen) atoms. The zero-order valence-corrected chi connectivity index (χ0v) is 13.4. The van der Waals surface area contributed by atoms with E-state index in [4.69, 9.17) is 0 Å². The maximum absolute atomic E-state index is 12.7. The topological polar surface area (TPSA) is 53.2 Å². The zero-order valence-electron chi connectivity index (χ0n) is 13.4. The highest BCUT2D eigenvalue weighted by atomic mass is 16.2. The summed E-state index contributed by atoms with van der Waals surface area (Å²) < 4.78 is 0. The number of fused-ring (bicyclic) bond motifs is 1. The van der Waals surface area contributed by atoms with Gasteiger partial charge in [0.2, 0.25) is 0 Å². The molecule has 118 valence electrons. The summed E-state index contributed by atoms with van der Waals surface area (Å²) in [4.78, 5) is 29.4. The van der Waals surface area contributed by atoms with Crippen LogP contribution in [0.15, 0.2) is 35.1 Å². The van der Waals surface area contributed by atoms with Gasteiger partial charge in [0.1, 0.15) is 5.69 Å². The van der Waals surface area contributed by atoms with Crippen LogP contribution in [-0.4, -0.2) is 28.9 Å². The van der Waals surface area contributed by atoms with Gasteiger partial charge in [0.25, 0.3) is 11.5 Å². The fraction of sp³-hybridized carbons (Fsp3) is 0.444. The minimum atomic E-state index is -0.201. The lowest BCUT2D eigenvalue weighted by molar-refractivity contribution is 0.0745. The third-order valence-corrected chi connectivity index (χ3v) is 3.83. The fourth-order valence-electron chi connectivity index (χ4n) is 2.51. The number of rotatable bonds is 7. The Hall–Kier alpha value is -2.10. The summed E-state index contributed by atoms with van der Waals surface area (Å²) in [5.41, 5.74) is 0.184. The lowest BCUT2D eigenvalue weighted by atomic mass is 10.1. The molecule has 4 heteroatoms. The van der Waals surface area contributed by atoms with E-state index in [9.17, 15) is 9.59 Å². The first kappa shape index (κ1) is 16.3. The number of carbonyl (C=O) groups is 1. The normalized spacial score (nSPS) is 10.8. The summed E-state index contributed by atoms with van der Waals surface area (Å²) in [6, 6.07) is 9.12. The number of nitrogens with one attached hydrogen (secondary N) is 1. The second-order valence-corrected chi connectivity index (χ2v) is 5.60. The van der Waals surface area contributed by atoms with Crippen LogP contribution in [0.5, 0.6) is 0 Å². The molecule has 0 radical (unpaired) electrons. The Morgan fingerprint density at radius 3 is 2.36 bits per heavy atom. The number of nitrogens with zero attached hydrogens (tertiary/aromatic N) is 1. The lowest BCUT2D eigenvalue weighted by Crippen LogP contribution is -2.34. The van der Waals surface area contributed by atoms with Gasteiger partial charge in [-0.1, -0.05) is 44.9 Å². The van der Waals surface area contributed by atoms with Gasteiger partial charge in [-0.15, -0.1) is 0 Å². The molecule has 0 saturated carbocycles. The summed E-state index contributed by atoms with van der Waals surface area (Å²) >= 11 is 0. The minimum absolute atomic E-state index is 0.0789. The Labute approximate surface area is 131 Å². The number of unbranched alkanes of at least 4 members (excludes halogenated alkanes) is 2. The molecule has 0 fully saturated rings. The zero-order chi connectivity index (χ0) is 15.9. The number of pyridine rings is 1. The number of aromatic amines is 1. The molecule has 0 spiro atoms. The third-order valence-electron chi connectivity index (χ3n) is 3.83. The average Bonchev–Trinajstić information content (AvgIpc) is 2.54. The fourth-order valence-corrected chi connectivity index (χ4v) is 2.51. The highest BCUT2D eigenvalue weighted by molar-refractivity contribution is 5.96. The predicted octanol–water partition coefficient (Wildman–Crippen LogP) is 3.57. The highest BCUT2D eigenvalue weighted by Crippen LogP contribution is 2.12. The van der Waals surface area contributed by atoms with Crippen molar-refractivity contribution < 1.29 is 4.79 Å². The van der Waals surface area contributed by atoms with Gasteiger partial charge in [0, 0.05) is 18.5 Å². The van der Waals surface area contributed by atoms with Crippen LogP contribution in [0.1, 0.15) is 50.0 Å². The molecular formula is C18H24N2O2. The van der Waals surface area contributed by atoms with Crippen molar-refractivity contribution in [2.45, 2.75) is 39.5 Å². The molecular weight excluding hydrogens is 276 g/mol. The van der Waals surface area contributed by atoms with Gasteiger partial charge in [-0.3, -0.25) is 9.59 Å². The first-order valence-corrected chi connectivity index (χ1v) is 8.08. The summed E-state index contributed by atoms with van der Waals surface area (Å²) in [5, 5.41) is 1.42. The van der Waals surface area contributed by atoms with Gasteiger partial charge >= 0.3 is 0 Å². The molecule has 1 aromatic carbocycles. The first-order valence-electron chi connectivity index (χ1n) is 8.08. The van der Waals surface area contributed by atoms with E-state index >= 15 is 0 Å². The van der Waals surface area contributed by atoms with Crippen LogP contribution in [-0.2, 0) is 0 Å². The third kappa shape index (κ3) is 3.75. The van der Waals surface area contributed by atoms with E-state index in [1.54, 1.807) is 12.1 Å². The predicted molar refractivity (Wildman–Crippen MR) is 90.3 cm³/mol. The molecule has 0 aliphatic rings. The highest BCUT2D eigenvalue weighted by Gasteiger charge is 2.16. The van der Waals surface area contributed by atoms with Crippen molar-refractivity contribution in [1.82, 2.24) is 9.88 Å². The number of aromatic nitrogens is 1. The monoisotopic (exact) mass is 300 g/mol. The SMILES string of the molecule is CCCCN(CCCC)C(=O)c1cc2ccccc2c(=O)[nH]1. The molecule has 2 rings (SSSR count). The van der Waals surface area contributed by atoms with Crippen molar-refractivity contribution in [3.05, 3.63) is 46.4 Å². The molecule has 0 bridgehead atoms. The van der Waals surface area contributed by atoms with E-state index in [2.05, 4.69) is 18.8 Å². The van der Waals surface area contributed by atoms with E-state index in [0.29, 0.717) is 11.1 Å². The van der Waals surface area contributed by atoms with Gasteiger partial charge in [0.15, 0.2) is 0 Å². The van der Waals surface area contributed by atoms with E-state index in [1.165, 1.54) is 0 Å². The second kappa shape index (κ2) is 7.78. The standard InChI is InChI=1S/C18H24N2O2/c1-3-5-11-20(12-6-4-2)18(22)16-13-14-9-7-8-10-15(14)17(21)19-16/h7-10,13H,3-6,11-12H2,1-2H3,(H,19,21). The van der Waals surface area contributed by atoms with Crippen molar-refractivity contribution in [2.75, 3.05) is 13.1 Å². The van der Waals surface area contributed by atoms with E-state index in [0.717, 1.165) is 44.2 Å². The van der Waals surface area contributed by atoms with Crippen molar-refractivity contribution in [3.63, 3.8) is 0 Å². The van der Waals surface area contributed by atoms with Crippen LogP contribution in [0.25, 0.3) is 10.8 Å². The lowest BCUT2D eigenvalue weighted by Gasteiger charge is -2.22. The number of hydrogen-bond acceptors (Lipinski definition) is 2. The van der Waals surface area contributed by atoms with E-state index in [1.807, 2.05) is 23.1 Å². The average molecular weight is 300 g/mol. The van der Waals surface area contributed by atoms with Gasteiger partial charge in [-0.25, -0.2) is 0 Å². The van der Waals surface area contributed by atoms with Crippen molar-refractivity contribution in [2.24, 2.45) is 0 Å². The van der Waals surface area contributed by atoms with Crippen LogP contribution in [0.3, 0.4) is 0 Å². The summed E-state index contributed by atoms with van der Waals surface area (Å²) in [5.74, 6) is -0.0789. The van der Waals surface area contributed by atoms with E-state index < -0.39 is 0 Å². The summed E-state index contributed by atoms with van der Waals surface area (Å²) in [6.07, 6.45) is 4.05. The summed E-state index contributed by atoms with van der Waals surface area (Å²) in [7, 11) is 0. The summed E-state index contributed by atoms with van der Waals surface area (Å²) in [6.45, 7) is 5.70. The molecule has 1 aromatic heterocycles. The molecule has 0 saturated heterocycles. The maximum atomic E-state index is 12.7. The number of benzene rings is 1. The molecule has 4 nitrogen and oxygen atoms in total. The van der Waals surface area contributed by atoms with Crippen molar-refractivity contribution in [3.8, 4) is 0 Å². The van der Waals surface area contributed by atoms with Gasteiger partial charge in [-0.05, 0) is 30.4 Å². The number of carbonyl (C=O) groups excluding carboxylic acids is 1. The van der Waals surface area contributed by atoms with Crippen LogP contribution in [0.2, 0.25) is 0 Å². The molecule has 1 heterocycles. The molecule has 1 amide bonds. The van der Waals surface area contributed by atoms with Crippen molar-refractivity contribution >= 4 is 16.7 Å². The molecule has 0 atom stereocenters. The Kier molecular flexibility index (Phi) is 5.75. The number of H-pyrrole nitrogens is 1. The largest absolute Gasteiger partial charge is 0.337 e. The molecule has 0 unspecified atom stereocenters. The minimum Gasteiger partial charge on any atom is -0.337 e. The van der Waals surface area contributed by atoms with Crippen LogP contribution < -0.4 is 5.56 Å². The van der Waals surface area contributed by atoms with Crippen LogP contribution >= 0.6 is 0 Å². The Balaban J connectivity index is 2.31. The maximum Gasteiger partial charge on any atom is 0.270 e. The van der Waals surface area contributed by atoms with E-state index in [-0.39, 0.29) is 11.5 Å². The smallest absolute Gasteiger partial charge is 0.270 e. The Morgan fingerprint density at radius 1 is 1.09 bits per heavy atom. The molecule has 0 aliphatic heterocycles. The number of amides is 1. The van der Waals surface area contributed by atoms with Crippen molar-refractivity contribution in [1.29, 1.82) is 0 Å². The Bertz CT molecular complexity index is 683. The molecule has 1 N–H and O–H groups in total.